The van der Waals surface area contributed by atoms with Gasteiger partial charge in [0.15, 0.2) is 0 Å². The molecule has 114 valence electrons. The van der Waals surface area contributed by atoms with Gasteiger partial charge >= 0.3 is 0 Å². The number of piperidine rings is 1. The van der Waals surface area contributed by atoms with E-state index >= 15 is 0 Å². The number of carbonyl (C=O) groups excluding carboxylic acids is 1. The molecule has 2 aliphatic rings. The summed E-state index contributed by atoms with van der Waals surface area (Å²) in [6.07, 6.45) is 3.49. The summed E-state index contributed by atoms with van der Waals surface area (Å²) >= 11 is 0. The Bertz CT molecular complexity index is 457. The third-order valence-electron chi connectivity index (χ3n) is 4.40. The van der Waals surface area contributed by atoms with E-state index in [1.807, 2.05) is 18.2 Å². The molecule has 2 unspecified atom stereocenters. The van der Waals surface area contributed by atoms with Crippen LogP contribution in [-0.4, -0.2) is 38.3 Å². The maximum Gasteiger partial charge on any atom is 0.223 e. The van der Waals surface area contributed by atoms with Crippen molar-refractivity contribution in [1.29, 1.82) is 0 Å². The van der Waals surface area contributed by atoms with E-state index in [-0.39, 0.29) is 11.8 Å². The minimum Gasteiger partial charge on any atom is -0.376 e. The lowest BCUT2D eigenvalue weighted by molar-refractivity contribution is -0.122. The molecule has 1 aliphatic carbocycles. The molecule has 1 aromatic rings. The van der Waals surface area contributed by atoms with Gasteiger partial charge in [-0.25, -0.2) is 0 Å². The molecule has 21 heavy (non-hydrogen) atoms. The van der Waals surface area contributed by atoms with Gasteiger partial charge < -0.3 is 15.4 Å². The van der Waals surface area contributed by atoms with Crippen molar-refractivity contribution in [2.24, 2.45) is 5.92 Å². The molecule has 2 N–H and O–H groups in total. The van der Waals surface area contributed by atoms with Crippen molar-refractivity contribution in [3.8, 4) is 0 Å². The summed E-state index contributed by atoms with van der Waals surface area (Å²) in [4.78, 5) is 12.1. The number of amides is 1. The topological polar surface area (TPSA) is 50.4 Å². The molecule has 4 nitrogen and oxygen atoms in total. The molecule has 2 atom stereocenters. The average molecular weight is 288 g/mol. The third kappa shape index (κ3) is 4.05. The van der Waals surface area contributed by atoms with E-state index in [0.29, 0.717) is 25.2 Å². The summed E-state index contributed by atoms with van der Waals surface area (Å²) in [5.41, 5.74) is 1.28. The fourth-order valence-corrected chi connectivity index (χ4v) is 3.05. The zero-order chi connectivity index (χ0) is 14.5. The van der Waals surface area contributed by atoms with Crippen LogP contribution in [0.15, 0.2) is 30.3 Å². The van der Waals surface area contributed by atoms with Crippen LogP contribution in [0.4, 0.5) is 0 Å². The van der Waals surface area contributed by atoms with Crippen LogP contribution in [0.2, 0.25) is 0 Å². The summed E-state index contributed by atoms with van der Waals surface area (Å²) in [5, 5.41) is 6.32. The molecule has 0 radical (unpaired) electrons. The standard InChI is InChI=1S/C17H24N2O2/c20-17(16-12-15(16)13-4-2-1-3-5-13)19-10-11-21-14-6-8-18-9-7-14/h1-5,14-16,18H,6-12H2,(H,19,20). The van der Waals surface area contributed by atoms with E-state index in [4.69, 9.17) is 4.74 Å². The van der Waals surface area contributed by atoms with Crippen LogP contribution in [0.1, 0.15) is 30.7 Å². The second-order valence-electron chi connectivity index (χ2n) is 5.97. The fraction of sp³-hybridized carbons (Fsp3) is 0.588. The van der Waals surface area contributed by atoms with Crippen LogP contribution >= 0.6 is 0 Å². The smallest absolute Gasteiger partial charge is 0.223 e. The molecule has 2 fully saturated rings. The Labute approximate surface area is 126 Å². The number of carbonyl (C=O) groups is 1. The van der Waals surface area contributed by atoms with Gasteiger partial charge in [0, 0.05) is 12.5 Å². The van der Waals surface area contributed by atoms with Crippen LogP contribution in [0, 0.1) is 5.92 Å². The highest BCUT2D eigenvalue weighted by atomic mass is 16.5. The molecule has 4 heteroatoms. The highest BCUT2D eigenvalue weighted by Crippen LogP contribution is 2.47. The second kappa shape index (κ2) is 7.05. The highest BCUT2D eigenvalue weighted by Gasteiger charge is 2.43. The normalized spacial score (nSPS) is 25.5. The van der Waals surface area contributed by atoms with Gasteiger partial charge in [0.25, 0.3) is 0 Å². The maximum atomic E-state index is 12.1. The van der Waals surface area contributed by atoms with Crippen molar-refractivity contribution in [3.63, 3.8) is 0 Å². The van der Waals surface area contributed by atoms with E-state index in [1.54, 1.807) is 0 Å². The first-order valence-electron chi connectivity index (χ1n) is 7.99. The largest absolute Gasteiger partial charge is 0.376 e. The molecule has 1 amide bonds. The Morgan fingerprint density at radius 1 is 1.24 bits per heavy atom. The van der Waals surface area contributed by atoms with Crippen LogP contribution < -0.4 is 10.6 Å². The van der Waals surface area contributed by atoms with Crippen LogP contribution in [-0.2, 0) is 9.53 Å². The van der Waals surface area contributed by atoms with Gasteiger partial charge in [0.2, 0.25) is 5.91 Å². The Morgan fingerprint density at radius 3 is 2.76 bits per heavy atom. The van der Waals surface area contributed by atoms with Crippen molar-refractivity contribution in [2.45, 2.75) is 31.3 Å². The Hall–Kier alpha value is -1.39. The van der Waals surface area contributed by atoms with Gasteiger partial charge in [-0.15, -0.1) is 0 Å². The van der Waals surface area contributed by atoms with Crippen molar-refractivity contribution in [1.82, 2.24) is 10.6 Å². The summed E-state index contributed by atoms with van der Waals surface area (Å²) in [7, 11) is 0. The zero-order valence-electron chi connectivity index (χ0n) is 12.4. The first kappa shape index (κ1) is 14.5. The lowest BCUT2D eigenvalue weighted by Gasteiger charge is -2.22. The summed E-state index contributed by atoms with van der Waals surface area (Å²) < 4.78 is 5.79. The SMILES string of the molecule is O=C(NCCOC1CCNCC1)C1CC1c1ccccc1. The van der Waals surface area contributed by atoms with E-state index in [2.05, 4.69) is 22.8 Å². The third-order valence-corrected chi connectivity index (χ3v) is 4.40. The predicted octanol–water partition coefficient (Wildman–Crippen LogP) is 1.67. The summed E-state index contributed by atoms with van der Waals surface area (Å²) in [6, 6.07) is 10.3. The number of hydrogen-bond donors (Lipinski definition) is 2. The number of nitrogens with one attached hydrogen (secondary N) is 2. The van der Waals surface area contributed by atoms with Gasteiger partial charge in [0.1, 0.15) is 0 Å². The maximum absolute atomic E-state index is 12.1. The molecular formula is C17H24N2O2. The first-order chi connectivity index (χ1) is 10.3. The molecule has 1 aliphatic heterocycles. The molecule has 0 bridgehead atoms. The molecule has 0 aromatic heterocycles. The molecule has 1 saturated carbocycles. The van der Waals surface area contributed by atoms with E-state index in [0.717, 1.165) is 32.4 Å². The fourth-order valence-electron chi connectivity index (χ4n) is 3.05. The molecular weight excluding hydrogens is 264 g/mol. The Morgan fingerprint density at radius 2 is 2.00 bits per heavy atom. The zero-order valence-corrected chi connectivity index (χ0v) is 12.4. The number of ether oxygens (including phenoxy) is 1. The predicted molar refractivity (Wildman–Crippen MR) is 82.1 cm³/mol. The van der Waals surface area contributed by atoms with Gasteiger partial charge in [0.05, 0.1) is 12.7 Å². The number of benzene rings is 1. The average Bonchev–Trinajstić information content (AvgIpc) is 3.34. The Balaban J connectivity index is 1.32. The monoisotopic (exact) mass is 288 g/mol. The van der Waals surface area contributed by atoms with Crippen molar-refractivity contribution in [2.75, 3.05) is 26.2 Å². The van der Waals surface area contributed by atoms with Gasteiger partial charge in [-0.05, 0) is 43.8 Å². The van der Waals surface area contributed by atoms with Crippen LogP contribution in [0.5, 0.6) is 0 Å². The van der Waals surface area contributed by atoms with E-state index in [9.17, 15) is 4.79 Å². The van der Waals surface area contributed by atoms with Crippen molar-refractivity contribution in [3.05, 3.63) is 35.9 Å². The summed E-state index contributed by atoms with van der Waals surface area (Å²) in [5.74, 6) is 0.751. The van der Waals surface area contributed by atoms with Gasteiger partial charge in [-0.1, -0.05) is 30.3 Å². The molecule has 1 saturated heterocycles. The number of hydrogen-bond acceptors (Lipinski definition) is 3. The highest BCUT2D eigenvalue weighted by molar-refractivity contribution is 5.82. The Kier molecular flexibility index (Phi) is 4.88. The molecule has 1 aromatic carbocycles. The van der Waals surface area contributed by atoms with E-state index < -0.39 is 0 Å². The molecule has 3 rings (SSSR count). The van der Waals surface area contributed by atoms with E-state index in [1.165, 1.54) is 5.56 Å². The van der Waals surface area contributed by atoms with Crippen molar-refractivity contribution < 1.29 is 9.53 Å². The number of rotatable bonds is 6. The van der Waals surface area contributed by atoms with Gasteiger partial charge in [-0.2, -0.15) is 0 Å². The van der Waals surface area contributed by atoms with Gasteiger partial charge in [-0.3, -0.25) is 4.79 Å². The second-order valence-corrected chi connectivity index (χ2v) is 5.97. The van der Waals surface area contributed by atoms with Crippen LogP contribution in [0.3, 0.4) is 0 Å². The van der Waals surface area contributed by atoms with Crippen molar-refractivity contribution >= 4 is 5.91 Å². The summed E-state index contributed by atoms with van der Waals surface area (Å²) in [6.45, 7) is 3.33. The minimum atomic E-state index is 0.159. The first-order valence-corrected chi connectivity index (χ1v) is 7.99. The molecule has 1 heterocycles. The lowest BCUT2D eigenvalue weighted by atomic mass is 10.1. The quantitative estimate of drug-likeness (QED) is 0.783. The minimum absolute atomic E-state index is 0.159. The lowest BCUT2D eigenvalue weighted by Crippen LogP contribution is -2.35. The molecule has 0 spiro atoms. The van der Waals surface area contributed by atoms with Crippen LogP contribution in [0.25, 0.3) is 0 Å².